The van der Waals surface area contributed by atoms with E-state index >= 15 is 0 Å². The van der Waals surface area contributed by atoms with Crippen LogP contribution in [0, 0.1) is 10.1 Å². The number of carbonyl (C=O) groups excluding carboxylic acids is 2. The molecule has 0 aliphatic carbocycles. The first kappa shape index (κ1) is 22.4. The first-order chi connectivity index (χ1) is 16.4. The van der Waals surface area contributed by atoms with Crippen LogP contribution in [0.3, 0.4) is 0 Å². The lowest BCUT2D eigenvalue weighted by Crippen LogP contribution is -2.41. The molecule has 174 valence electrons. The summed E-state index contributed by atoms with van der Waals surface area (Å²) in [5, 5.41) is 11.2. The van der Waals surface area contributed by atoms with Gasteiger partial charge in [0.2, 0.25) is 0 Å². The van der Waals surface area contributed by atoms with E-state index in [9.17, 15) is 19.7 Å². The molecule has 0 spiro atoms. The summed E-state index contributed by atoms with van der Waals surface area (Å²) in [5.41, 5.74) is 4.30. The van der Waals surface area contributed by atoms with Crippen LogP contribution in [-0.2, 0) is 0 Å². The molecular formula is C23H19N3O8. The van der Waals surface area contributed by atoms with Crippen molar-refractivity contribution in [1.29, 1.82) is 0 Å². The van der Waals surface area contributed by atoms with Gasteiger partial charge < -0.3 is 18.9 Å². The van der Waals surface area contributed by atoms with Gasteiger partial charge in [-0.05, 0) is 48.5 Å². The monoisotopic (exact) mass is 465 g/mol. The van der Waals surface area contributed by atoms with Crippen molar-refractivity contribution in [3.8, 4) is 28.7 Å². The number of nitro groups is 1. The van der Waals surface area contributed by atoms with Gasteiger partial charge in [-0.3, -0.25) is 30.6 Å². The lowest BCUT2D eigenvalue weighted by molar-refractivity contribution is -0.384. The predicted molar refractivity (Wildman–Crippen MR) is 119 cm³/mol. The zero-order valence-electron chi connectivity index (χ0n) is 17.9. The number of hydrogen-bond acceptors (Lipinski definition) is 8. The highest BCUT2D eigenvalue weighted by Gasteiger charge is 2.20. The third-order valence-electron chi connectivity index (χ3n) is 4.80. The molecule has 0 radical (unpaired) electrons. The Balaban J connectivity index is 1.50. The Kier molecular flexibility index (Phi) is 6.44. The van der Waals surface area contributed by atoms with Gasteiger partial charge in [0.05, 0.1) is 17.6 Å². The molecule has 0 fully saturated rings. The van der Waals surface area contributed by atoms with Gasteiger partial charge >= 0.3 is 0 Å². The Hall–Kier alpha value is -4.80. The smallest absolute Gasteiger partial charge is 0.273 e. The molecule has 0 bridgehead atoms. The number of methoxy groups -OCH3 is 1. The first-order valence-corrected chi connectivity index (χ1v) is 10.1. The number of amides is 2. The number of nitrogens with zero attached hydrogens (tertiary/aromatic N) is 1. The zero-order chi connectivity index (χ0) is 24.1. The summed E-state index contributed by atoms with van der Waals surface area (Å²) in [5.74, 6) is 0.552. The van der Waals surface area contributed by atoms with Gasteiger partial charge in [0.25, 0.3) is 17.5 Å². The summed E-state index contributed by atoms with van der Waals surface area (Å²) < 4.78 is 21.7. The van der Waals surface area contributed by atoms with Crippen molar-refractivity contribution in [2.24, 2.45) is 0 Å². The van der Waals surface area contributed by atoms with E-state index in [-0.39, 0.29) is 22.6 Å². The number of nitro benzene ring substituents is 1. The van der Waals surface area contributed by atoms with Gasteiger partial charge in [-0.2, -0.15) is 0 Å². The molecule has 4 rings (SSSR count). The van der Waals surface area contributed by atoms with Crippen molar-refractivity contribution >= 4 is 17.5 Å². The second-order valence-electron chi connectivity index (χ2n) is 6.98. The summed E-state index contributed by atoms with van der Waals surface area (Å²) in [6, 6.07) is 14.7. The fourth-order valence-corrected chi connectivity index (χ4v) is 3.11. The van der Waals surface area contributed by atoms with Crippen molar-refractivity contribution in [1.82, 2.24) is 10.9 Å². The topological polar surface area (TPSA) is 138 Å². The average molecular weight is 465 g/mol. The van der Waals surface area contributed by atoms with Gasteiger partial charge in [-0.15, -0.1) is 0 Å². The Labute approximate surface area is 193 Å². The molecule has 3 aromatic rings. The maximum absolute atomic E-state index is 12.8. The van der Waals surface area contributed by atoms with Gasteiger partial charge in [-0.25, -0.2) is 0 Å². The van der Waals surface area contributed by atoms with Crippen molar-refractivity contribution in [2.45, 2.75) is 0 Å². The molecule has 0 aromatic heterocycles. The highest BCUT2D eigenvalue weighted by Crippen LogP contribution is 2.31. The third-order valence-corrected chi connectivity index (χ3v) is 4.80. The maximum atomic E-state index is 12.8. The van der Waals surface area contributed by atoms with E-state index in [0.717, 1.165) is 6.07 Å². The van der Waals surface area contributed by atoms with Crippen molar-refractivity contribution in [2.75, 3.05) is 20.3 Å². The van der Waals surface area contributed by atoms with Crippen molar-refractivity contribution in [3.63, 3.8) is 0 Å². The summed E-state index contributed by atoms with van der Waals surface area (Å²) in [6.45, 7) is 0.775. The number of hydrazine groups is 1. The third kappa shape index (κ3) is 4.99. The highest BCUT2D eigenvalue weighted by molar-refractivity contribution is 6.01. The second-order valence-corrected chi connectivity index (χ2v) is 6.98. The lowest BCUT2D eigenvalue weighted by Gasteiger charge is -2.18. The number of benzene rings is 3. The second kappa shape index (κ2) is 9.77. The molecule has 0 saturated carbocycles. The SMILES string of the molecule is COc1ccc(Oc2ccc([N+](=O)[O-])cc2C(=O)NNC(=O)c2ccc3c(c2)OCCO3)cc1. The minimum absolute atomic E-state index is 0.0573. The van der Waals surface area contributed by atoms with E-state index in [1.807, 2.05) is 0 Å². The van der Waals surface area contributed by atoms with Crippen LogP contribution in [-0.4, -0.2) is 37.1 Å². The molecule has 1 aliphatic heterocycles. The standard InChI is InChI=1S/C23H19N3O8/c1-31-16-4-6-17(7-5-16)34-19-9-3-15(26(29)30)13-18(19)23(28)25-24-22(27)14-2-8-20-21(12-14)33-11-10-32-20/h2-9,12-13H,10-11H2,1H3,(H,24,27)(H,25,28). The van der Waals surface area contributed by atoms with Crippen molar-refractivity contribution in [3.05, 3.63) is 81.9 Å². The summed E-state index contributed by atoms with van der Waals surface area (Å²) in [4.78, 5) is 35.9. The maximum Gasteiger partial charge on any atom is 0.273 e. The van der Waals surface area contributed by atoms with Crippen LogP contribution in [0.4, 0.5) is 5.69 Å². The van der Waals surface area contributed by atoms with Crippen LogP contribution in [0.25, 0.3) is 0 Å². The average Bonchev–Trinajstić information content (AvgIpc) is 2.87. The quantitative estimate of drug-likeness (QED) is 0.418. The van der Waals surface area contributed by atoms with E-state index in [1.165, 1.54) is 31.4 Å². The molecular weight excluding hydrogens is 446 g/mol. The number of nitrogens with one attached hydrogen (secondary N) is 2. The fourth-order valence-electron chi connectivity index (χ4n) is 3.11. The summed E-state index contributed by atoms with van der Waals surface area (Å²) >= 11 is 0. The zero-order valence-corrected chi connectivity index (χ0v) is 17.9. The Morgan fingerprint density at radius 3 is 2.26 bits per heavy atom. The molecule has 3 aromatic carbocycles. The van der Waals surface area contributed by atoms with Crippen LogP contribution in [0.5, 0.6) is 28.7 Å². The molecule has 0 saturated heterocycles. The summed E-state index contributed by atoms with van der Waals surface area (Å²) in [6.07, 6.45) is 0. The molecule has 0 unspecified atom stereocenters. The molecule has 2 N–H and O–H groups in total. The molecule has 34 heavy (non-hydrogen) atoms. The van der Waals surface area contributed by atoms with Crippen LogP contribution >= 0.6 is 0 Å². The van der Waals surface area contributed by atoms with E-state index in [1.54, 1.807) is 30.3 Å². The van der Waals surface area contributed by atoms with Crippen molar-refractivity contribution < 1.29 is 33.5 Å². The van der Waals surface area contributed by atoms with E-state index in [4.69, 9.17) is 18.9 Å². The van der Waals surface area contributed by atoms with E-state index in [0.29, 0.717) is 36.2 Å². The fraction of sp³-hybridized carbons (Fsp3) is 0.130. The first-order valence-electron chi connectivity index (χ1n) is 10.1. The van der Waals surface area contributed by atoms with Gasteiger partial charge in [0.1, 0.15) is 30.5 Å². The molecule has 1 heterocycles. The summed E-state index contributed by atoms with van der Waals surface area (Å²) in [7, 11) is 1.52. The lowest BCUT2D eigenvalue weighted by atomic mass is 10.1. The number of ether oxygens (including phenoxy) is 4. The van der Waals surface area contributed by atoms with E-state index < -0.39 is 16.7 Å². The Morgan fingerprint density at radius 2 is 1.56 bits per heavy atom. The Morgan fingerprint density at radius 1 is 0.882 bits per heavy atom. The number of hydrogen-bond donors (Lipinski definition) is 2. The van der Waals surface area contributed by atoms with Crippen LogP contribution in [0.1, 0.15) is 20.7 Å². The minimum Gasteiger partial charge on any atom is -0.497 e. The number of non-ortho nitro benzene ring substituents is 1. The van der Waals surface area contributed by atoms with Crippen LogP contribution < -0.4 is 29.8 Å². The van der Waals surface area contributed by atoms with E-state index in [2.05, 4.69) is 10.9 Å². The van der Waals surface area contributed by atoms with Gasteiger partial charge in [0.15, 0.2) is 11.5 Å². The number of rotatable bonds is 6. The Bertz CT molecular complexity index is 1240. The van der Waals surface area contributed by atoms with Crippen LogP contribution in [0.2, 0.25) is 0 Å². The molecule has 2 amide bonds. The number of carbonyl (C=O) groups is 2. The van der Waals surface area contributed by atoms with Gasteiger partial charge in [0, 0.05) is 17.7 Å². The predicted octanol–water partition coefficient (Wildman–Crippen LogP) is 3.24. The van der Waals surface area contributed by atoms with Gasteiger partial charge in [-0.1, -0.05) is 0 Å². The number of fused-ring (bicyclic) bond motifs is 1. The highest BCUT2D eigenvalue weighted by atomic mass is 16.6. The normalized spacial score (nSPS) is 11.8. The molecule has 0 atom stereocenters. The molecule has 11 heteroatoms. The minimum atomic E-state index is -0.807. The molecule has 11 nitrogen and oxygen atoms in total. The largest absolute Gasteiger partial charge is 0.497 e. The van der Waals surface area contributed by atoms with Crippen LogP contribution in [0.15, 0.2) is 60.7 Å². The molecule has 1 aliphatic rings.